The predicted molar refractivity (Wildman–Crippen MR) is 55.3 cm³/mol. The van der Waals surface area contributed by atoms with Gasteiger partial charge in [-0.25, -0.2) is 0 Å². The molecule has 0 amide bonds. The molecule has 0 rings (SSSR count). The molecule has 0 aliphatic heterocycles. The third kappa shape index (κ3) is 3.12. The smallest absolute Gasteiger partial charge is 0.361 e. The zero-order valence-electron chi connectivity index (χ0n) is 9.39. The number of rotatable bonds is 7. The molecule has 98 valence electrons. The highest BCUT2D eigenvalue weighted by atomic mass is 31.2. The van der Waals surface area contributed by atoms with Crippen LogP contribution in [0.2, 0.25) is 0 Å². The normalized spacial score (nSPS) is 17.1. The van der Waals surface area contributed by atoms with Crippen LogP contribution < -0.4 is 0 Å². The highest BCUT2D eigenvalue weighted by Crippen LogP contribution is 2.61. The van der Waals surface area contributed by atoms with E-state index in [1.807, 2.05) is 0 Å². The Bertz CT molecular complexity index is 259. The molecule has 0 saturated heterocycles. The van der Waals surface area contributed by atoms with Gasteiger partial charge >= 0.3 is 15.2 Å². The van der Waals surface area contributed by atoms with Crippen molar-refractivity contribution in [1.82, 2.24) is 0 Å². The maximum absolute atomic E-state index is 11.7. The Labute approximate surface area is 93.5 Å². The molecule has 0 aromatic rings. The Morgan fingerprint density at radius 3 is 1.06 bits per heavy atom. The average Bonchev–Trinajstić information content (AvgIpc) is 2.34. The van der Waals surface area contributed by atoms with Crippen molar-refractivity contribution < 1.29 is 37.4 Å². The van der Waals surface area contributed by atoms with Crippen LogP contribution in [0.3, 0.4) is 0 Å². The van der Waals surface area contributed by atoms with E-state index in [0.29, 0.717) is 0 Å². The van der Waals surface area contributed by atoms with Crippen molar-refractivity contribution >= 4 is 15.2 Å². The van der Waals surface area contributed by atoms with Gasteiger partial charge in [0.15, 0.2) is 11.7 Å². The van der Waals surface area contributed by atoms with Crippen LogP contribution in [-0.2, 0) is 27.2 Å². The van der Waals surface area contributed by atoms with Crippen molar-refractivity contribution in [1.29, 1.82) is 0 Å². The summed E-state index contributed by atoms with van der Waals surface area (Å²) in [5, 5.41) is 19.1. The lowest BCUT2D eigenvalue weighted by Crippen LogP contribution is -2.28. The lowest BCUT2D eigenvalue weighted by molar-refractivity contribution is 0.0685. The van der Waals surface area contributed by atoms with Crippen molar-refractivity contribution in [2.45, 2.75) is 11.7 Å². The molecule has 0 aliphatic rings. The van der Waals surface area contributed by atoms with E-state index >= 15 is 0 Å². The summed E-state index contributed by atoms with van der Waals surface area (Å²) in [4.78, 5) is 0. The first-order valence-electron chi connectivity index (χ1n) is 4.09. The SMILES string of the molecule is COP(=O)(OC)C(O)C(O)P(=O)(OC)OC. The van der Waals surface area contributed by atoms with Crippen LogP contribution >= 0.6 is 15.2 Å². The lowest BCUT2D eigenvalue weighted by Gasteiger charge is -2.27. The summed E-state index contributed by atoms with van der Waals surface area (Å²) in [6.45, 7) is 0. The molecule has 0 aromatic carbocycles. The molecule has 2 atom stereocenters. The van der Waals surface area contributed by atoms with Gasteiger partial charge in [-0.3, -0.25) is 9.13 Å². The fourth-order valence-corrected chi connectivity index (χ4v) is 3.70. The molecular weight excluding hydrogens is 262 g/mol. The highest BCUT2D eigenvalue weighted by Gasteiger charge is 2.48. The topological polar surface area (TPSA) is 112 Å². The third-order valence-corrected chi connectivity index (χ3v) is 6.06. The molecule has 10 heteroatoms. The number of aliphatic hydroxyl groups excluding tert-OH is 2. The fraction of sp³-hybridized carbons (Fsp3) is 1.00. The molecule has 0 aromatic heterocycles. The van der Waals surface area contributed by atoms with Crippen LogP contribution in [-0.4, -0.2) is 50.3 Å². The van der Waals surface area contributed by atoms with E-state index in [9.17, 15) is 19.3 Å². The van der Waals surface area contributed by atoms with Crippen molar-refractivity contribution in [3.8, 4) is 0 Å². The van der Waals surface area contributed by atoms with Crippen LogP contribution in [0, 0.1) is 0 Å². The molecule has 2 N–H and O–H groups in total. The van der Waals surface area contributed by atoms with E-state index in [2.05, 4.69) is 18.1 Å². The van der Waals surface area contributed by atoms with E-state index in [0.717, 1.165) is 28.4 Å². The molecule has 0 spiro atoms. The van der Waals surface area contributed by atoms with E-state index in [1.54, 1.807) is 0 Å². The molecule has 2 unspecified atom stereocenters. The maximum Gasteiger partial charge on any atom is 0.361 e. The highest BCUT2D eigenvalue weighted by molar-refractivity contribution is 7.58. The van der Waals surface area contributed by atoms with Gasteiger partial charge in [-0.1, -0.05) is 0 Å². The maximum atomic E-state index is 11.7. The van der Waals surface area contributed by atoms with Crippen molar-refractivity contribution in [2.24, 2.45) is 0 Å². The molecule has 0 saturated carbocycles. The molecule has 0 bridgehead atoms. The Hall–Kier alpha value is 0.220. The zero-order valence-corrected chi connectivity index (χ0v) is 11.2. The van der Waals surface area contributed by atoms with Crippen LogP contribution in [0.25, 0.3) is 0 Å². The third-order valence-electron chi connectivity index (χ3n) is 1.93. The Kier molecular flexibility index (Phi) is 6.32. The Morgan fingerprint density at radius 2 is 0.938 bits per heavy atom. The predicted octanol–water partition coefficient (Wildman–Crippen LogP) is 0.595. The van der Waals surface area contributed by atoms with E-state index in [4.69, 9.17) is 0 Å². The first kappa shape index (κ1) is 16.2. The summed E-state index contributed by atoms with van der Waals surface area (Å²) in [5.74, 6) is -4.07. The largest absolute Gasteiger partial charge is 0.378 e. The zero-order chi connectivity index (χ0) is 13.0. The first-order valence-corrected chi connectivity index (χ1v) is 7.32. The van der Waals surface area contributed by atoms with Gasteiger partial charge in [0.05, 0.1) is 0 Å². The van der Waals surface area contributed by atoms with Crippen LogP contribution in [0.4, 0.5) is 0 Å². The number of hydrogen-bond acceptors (Lipinski definition) is 8. The van der Waals surface area contributed by atoms with E-state index in [1.165, 1.54) is 0 Å². The minimum Gasteiger partial charge on any atom is -0.378 e. The van der Waals surface area contributed by atoms with Gasteiger partial charge in [0.25, 0.3) is 0 Å². The van der Waals surface area contributed by atoms with Crippen LogP contribution in [0.5, 0.6) is 0 Å². The van der Waals surface area contributed by atoms with Gasteiger partial charge in [0.1, 0.15) is 0 Å². The summed E-state index contributed by atoms with van der Waals surface area (Å²) >= 11 is 0. The number of aliphatic hydroxyl groups is 2. The van der Waals surface area contributed by atoms with Gasteiger partial charge < -0.3 is 28.3 Å². The van der Waals surface area contributed by atoms with Crippen LogP contribution in [0.1, 0.15) is 0 Å². The lowest BCUT2D eigenvalue weighted by atomic mass is 10.8. The summed E-state index contributed by atoms with van der Waals surface area (Å²) in [6, 6.07) is 0. The summed E-state index contributed by atoms with van der Waals surface area (Å²) in [5.41, 5.74) is 0. The van der Waals surface area contributed by atoms with Gasteiger partial charge in [-0.05, 0) is 0 Å². The standard InChI is InChI=1S/C6H16O8P2/c1-11-15(9,12-2)5(7)6(8)16(10,13-3)14-4/h5-8H,1-4H3. The van der Waals surface area contributed by atoms with E-state index < -0.39 is 26.9 Å². The van der Waals surface area contributed by atoms with Gasteiger partial charge in [0, 0.05) is 28.4 Å². The second-order valence-corrected chi connectivity index (χ2v) is 7.32. The minimum atomic E-state index is -3.98. The summed E-state index contributed by atoms with van der Waals surface area (Å²) in [7, 11) is -3.88. The van der Waals surface area contributed by atoms with Gasteiger partial charge in [0.2, 0.25) is 0 Å². The Balaban J connectivity index is 5.06. The Morgan fingerprint density at radius 1 is 0.750 bits per heavy atom. The molecule has 0 fully saturated rings. The monoisotopic (exact) mass is 278 g/mol. The molecule has 0 heterocycles. The molecule has 0 radical (unpaired) electrons. The average molecular weight is 278 g/mol. The van der Waals surface area contributed by atoms with Crippen molar-refractivity contribution in [2.75, 3.05) is 28.4 Å². The van der Waals surface area contributed by atoms with Gasteiger partial charge in [-0.2, -0.15) is 0 Å². The number of hydrogen-bond donors (Lipinski definition) is 2. The second-order valence-electron chi connectivity index (χ2n) is 2.64. The fourth-order valence-electron chi connectivity index (χ4n) is 0.908. The quantitative estimate of drug-likeness (QED) is 0.651. The van der Waals surface area contributed by atoms with Crippen LogP contribution in [0.15, 0.2) is 0 Å². The van der Waals surface area contributed by atoms with E-state index in [-0.39, 0.29) is 0 Å². The second kappa shape index (κ2) is 6.23. The minimum absolute atomic E-state index is 1.02. The van der Waals surface area contributed by atoms with Crippen molar-refractivity contribution in [3.05, 3.63) is 0 Å². The molecule has 16 heavy (non-hydrogen) atoms. The summed E-state index contributed by atoms with van der Waals surface area (Å²) in [6.07, 6.45) is 0. The summed E-state index contributed by atoms with van der Waals surface area (Å²) < 4.78 is 41.1. The first-order chi connectivity index (χ1) is 7.31. The molecular formula is C6H16O8P2. The molecule has 8 nitrogen and oxygen atoms in total. The van der Waals surface area contributed by atoms with Gasteiger partial charge in [-0.15, -0.1) is 0 Å². The van der Waals surface area contributed by atoms with Crippen molar-refractivity contribution in [3.63, 3.8) is 0 Å². The molecule has 0 aliphatic carbocycles.